The number of aromatic nitrogens is 3. The molecule has 0 radical (unpaired) electrons. The van der Waals surface area contributed by atoms with Gasteiger partial charge in [-0.15, -0.1) is 10.2 Å². The predicted molar refractivity (Wildman–Crippen MR) is 66.5 cm³/mol. The van der Waals surface area contributed by atoms with Crippen LogP contribution >= 0.6 is 23.2 Å². The van der Waals surface area contributed by atoms with E-state index in [4.69, 9.17) is 27.9 Å². The van der Waals surface area contributed by atoms with Gasteiger partial charge >= 0.3 is 0 Å². The first-order valence-electron chi connectivity index (χ1n) is 5.93. The molecule has 1 aliphatic carbocycles. The molecule has 0 bridgehead atoms. The first-order valence-corrected chi connectivity index (χ1v) is 6.68. The van der Waals surface area contributed by atoms with Crippen molar-refractivity contribution in [2.75, 3.05) is 0 Å². The Bertz CT molecular complexity index is 389. The number of halogens is 2. The highest BCUT2D eigenvalue weighted by Gasteiger charge is 2.26. The van der Waals surface area contributed by atoms with Gasteiger partial charge in [0.25, 0.3) is 5.88 Å². The van der Waals surface area contributed by atoms with E-state index in [1.165, 1.54) is 19.3 Å². The highest BCUT2D eigenvalue weighted by molar-refractivity contribution is 6.31. The van der Waals surface area contributed by atoms with Crippen LogP contribution in [0.5, 0.6) is 5.88 Å². The zero-order chi connectivity index (χ0) is 12.3. The fourth-order valence-electron chi connectivity index (χ4n) is 2.29. The number of ether oxygens (including phenoxy) is 1. The summed E-state index contributed by atoms with van der Waals surface area (Å²) in [5.41, 5.74) is 0. The van der Waals surface area contributed by atoms with E-state index in [0.717, 1.165) is 12.8 Å². The number of rotatable bonds is 3. The van der Waals surface area contributed by atoms with Gasteiger partial charge in [-0.05, 0) is 43.2 Å². The summed E-state index contributed by atoms with van der Waals surface area (Å²) in [6, 6.07) is 0. The normalized spacial score (nSPS) is 24.6. The maximum absolute atomic E-state index is 5.89. The SMILES string of the molecule is CCC1CCCCC1Oc1nc(Cl)nnc1Cl. The summed E-state index contributed by atoms with van der Waals surface area (Å²) in [4.78, 5) is 3.97. The standard InChI is InChI=1S/C11H15Cl2N3O/c1-2-7-5-3-4-6-8(7)17-10-9(12)15-16-11(13)14-10/h7-8H,2-6H2,1H3. The number of hydrogen-bond donors (Lipinski definition) is 0. The lowest BCUT2D eigenvalue weighted by Gasteiger charge is -2.30. The average molecular weight is 276 g/mol. The van der Waals surface area contributed by atoms with Crippen LogP contribution in [0.3, 0.4) is 0 Å². The Morgan fingerprint density at radius 1 is 1.24 bits per heavy atom. The van der Waals surface area contributed by atoms with E-state index < -0.39 is 0 Å². The Balaban J connectivity index is 2.10. The molecule has 17 heavy (non-hydrogen) atoms. The van der Waals surface area contributed by atoms with E-state index in [9.17, 15) is 0 Å². The quantitative estimate of drug-likeness (QED) is 0.847. The Morgan fingerprint density at radius 2 is 2.00 bits per heavy atom. The molecule has 6 heteroatoms. The second kappa shape index (κ2) is 5.83. The lowest BCUT2D eigenvalue weighted by Crippen LogP contribution is -2.30. The van der Waals surface area contributed by atoms with E-state index >= 15 is 0 Å². The average Bonchev–Trinajstić information content (AvgIpc) is 2.34. The third-order valence-corrected chi connectivity index (χ3v) is 3.61. The summed E-state index contributed by atoms with van der Waals surface area (Å²) in [6.45, 7) is 2.18. The monoisotopic (exact) mass is 275 g/mol. The van der Waals surface area contributed by atoms with Crippen LogP contribution in [0.1, 0.15) is 39.0 Å². The number of nitrogens with zero attached hydrogens (tertiary/aromatic N) is 3. The molecule has 1 saturated carbocycles. The van der Waals surface area contributed by atoms with Gasteiger partial charge in [0.2, 0.25) is 10.4 Å². The van der Waals surface area contributed by atoms with Crippen molar-refractivity contribution in [3.8, 4) is 5.88 Å². The smallest absolute Gasteiger partial charge is 0.257 e. The molecule has 94 valence electrons. The van der Waals surface area contributed by atoms with Crippen molar-refractivity contribution in [1.82, 2.24) is 15.2 Å². The van der Waals surface area contributed by atoms with Gasteiger partial charge < -0.3 is 4.74 Å². The lowest BCUT2D eigenvalue weighted by molar-refractivity contribution is 0.0853. The van der Waals surface area contributed by atoms with Crippen molar-refractivity contribution in [3.05, 3.63) is 10.4 Å². The molecule has 0 aliphatic heterocycles. The largest absolute Gasteiger partial charge is 0.472 e. The Hall–Kier alpha value is -0.610. The molecule has 2 unspecified atom stereocenters. The van der Waals surface area contributed by atoms with Gasteiger partial charge in [0.1, 0.15) is 6.10 Å². The molecule has 1 aromatic rings. The van der Waals surface area contributed by atoms with Crippen molar-refractivity contribution in [3.63, 3.8) is 0 Å². The van der Waals surface area contributed by atoms with Crippen LogP contribution in [0.4, 0.5) is 0 Å². The van der Waals surface area contributed by atoms with Crippen LogP contribution in [-0.4, -0.2) is 21.3 Å². The maximum atomic E-state index is 5.89. The fourth-order valence-corrected chi connectivity index (χ4v) is 2.53. The summed E-state index contributed by atoms with van der Waals surface area (Å²) in [5, 5.41) is 7.49. The van der Waals surface area contributed by atoms with Crippen LogP contribution in [0.2, 0.25) is 10.4 Å². The van der Waals surface area contributed by atoms with Crippen molar-refractivity contribution < 1.29 is 4.74 Å². The first-order chi connectivity index (χ1) is 8.20. The molecule has 1 aliphatic rings. The van der Waals surface area contributed by atoms with Gasteiger partial charge in [-0.1, -0.05) is 24.9 Å². The minimum atomic E-state index is 0.0632. The number of hydrogen-bond acceptors (Lipinski definition) is 4. The van der Waals surface area contributed by atoms with Gasteiger partial charge in [-0.2, -0.15) is 4.98 Å². The molecule has 2 rings (SSSR count). The Labute approximate surface area is 111 Å². The van der Waals surface area contributed by atoms with Crippen molar-refractivity contribution >= 4 is 23.2 Å². The third-order valence-electron chi connectivity index (χ3n) is 3.22. The Kier molecular flexibility index (Phi) is 4.40. The zero-order valence-electron chi connectivity index (χ0n) is 9.70. The van der Waals surface area contributed by atoms with Crippen LogP contribution < -0.4 is 4.74 Å². The third kappa shape index (κ3) is 3.19. The molecule has 0 aromatic carbocycles. The van der Waals surface area contributed by atoms with Crippen molar-refractivity contribution in [2.24, 2.45) is 5.92 Å². The minimum absolute atomic E-state index is 0.0632. The first kappa shape index (κ1) is 12.8. The van der Waals surface area contributed by atoms with E-state index in [2.05, 4.69) is 22.1 Å². The molecule has 2 atom stereocenters. The van der Waals surface area contributed by atoms with Crippen LogP contribution in [0.15, 0.2) is 0 Å². The molecule has 1 heterocycles. The van der Waals surface area contributed by atoms with Crippen molar-refractivity contribution in [2.45, 2.75) is 45.1 Å². The Morgan fingerprint density at radius 3 is 2.76 bits per heavy atom. The van der Waals surface area contributed by atoms with E-state index in [1.54, 1.807) is 0 Å². The fraction of sp³-hybridized carbons (Fsp3) is 0.727. The second-order valence-electron chi connectivity index (χ2n) is 4.29. The topological polar surface area (TPSA) is 47.9 Å². The summed E-state index contributed by atoms with van der Waals surface area (Å²) < 4.78 is 5.84. The summed E-state index contributed by atoms with van der Waals surface area (Å²) >= 11 is 11.6. The molecule has 1 aromatic heterocycles. The van der Waals surface area contributed by atoms with Crippen molar-refractivity contribution in [1.29, 1.82) is 0 Å². The van der Waals surface area contributed by atoms with Gasteiger partial charge in [0, 0.05) is 0 Å². The van der Waals surface area contributed by atoms with Gasteiger partial charge in [0.15, 0.2) is 0 Å². The predicted octanol–water partition coefficient (Wildman–Crippen LogP) is 3.53. The highest BCUT2D eigenvalue weighted by atomic mass is 35.5. The summed E-state index contributed by atoms with van der Waals surface area (Å²) in [7, 11) is 0. The minimum Gasteiger partial charge on any atom is -0.472 e. The van der Waals surface area contributed by atoms with E-state index in [1.807, 2.05) is 0 Å². The molecule has 0 spiro atoms. The molecule has 4 nitrogen and oxygen atoms in total. The van der Waals surface area contributed by atoms with Gasteiger partial charge in [-0.25, -0.2) is 0 Å². The summed E-state index contributed by atoms with van der Waals surface area (Å²) in [5.74, 6) is 0.866. The molecule has 0 amide bonds. The highest BCUT2D eigenvalue weighted by Crippen LogP contribution is 2.31. The van der Waals surface area contributed by atoms with E-state index in [0.29, 0.717) is 11.8 Å². The van der Waals surface area contributed by atoms with E-state index in [-0.39, 0.29) is 16.5 Å². The molecular weight excluding hydrogens is 261 g/mol. The van der Waals surface area contributed by atoms with Crippen LogP contribution in [-0.2, 0) is 0 Å². The lowest BCUT2D eigenvalue weighted by atomic mass is 9.85. The second-order valence-corrected chi connectivity index (χ2v) is 4.98. The van der Waals surface area contributed by atoms with Crippen LogP contribution in [0.25, 0.3) is 0 Å². The molecule has 1 fully saturated rings. The molecule has 0 N–H and O–H groups in total. The maximum Gasteiger partial charge on any atom is 0.257 e. The van der Waals surface area contributed by atoms with Gasteiger partial charge in [0.05, 0.1) is 0 Å². The van der Waals surface area contributed by atoms with Crippen LogP contribution in [0, 0.1) is 5.92 Å². The zero-order valence-corrected chi connectivity index (χ0v) is 11.2. The molecule has 0 saturated heterocycles. The molecular formula is C11H15Cl2N3O. The van der Waals surface area contributed by atoms with Gasteiger partial charge in [-0.3, -0.25) is 0 Å². The summed E-state index contributed by atoms with van der Waals surface area (Å²) in [6.07, 6.45) is 5.97.